The van der Waals surface area contributed by atoms with Crippen LogP contribution in [0.1, 0.15) is 50.7 Å². The molecule has 264 valence electrons. The van der Waals surface area contributed by atoms with Crippen LogP contribution < -0.4 is 4.74 Å². The van der Waals surface area contributed by atoms with E-state index in [9.17, 15) is 0 Å². The zero-order chi connectivity index (χ0) is 35.8. The monoisotopic (exact) mass is 790 g/mol. The number of ether oxygens (including phenoxy) is 1. The third-order valence-electron chi connectivity index (χ3n) is 10.5. The number of nitrogens with zero attached hydrogens (tertiary/aromatic N) is 4. The standard InChI is InChI=1S/C48H36N4O.Pd/c1-29(2)34-13-11-14-35(30(3)4)47(34)31-19-24-43-39(26-31)36-22-20-32(27-40(36)48-50-41-15-6-8-17-44(41)52(43)48)53-33-21-23-38-37-12-5-7-16-42(37)51(45(38)28-33)46-18-9-10-25-49-46;/h5-26,29-30H,1-4H3;/q-2;+2. The van der Waals surface area contributed by atoms with Gasteiger partial charge in [-0.25, -0.2) is 4.98 Å². The third kappa shape index (κ3) is 5.32. The molecule has 0 unspecified atom stereocenters. The average Bonchev–Trinajstić information content (AvgIpc) is 3.74. The molecule has 4 aromatic heterocycles. The first-order valence-corrected chi connectivity index (χ1v) is 18.3. The maximum absolute atomic E-state index is 6.61. The van der Waals surface area contributed by atoms with Crippen LogP contribution in [0, 0.1) is 12.1 Å². The second kappa shape index (κ2) is 13.3. The van der Waals surface area contributed by atoms with Crippen LogP contribution in [-0.4, -0.2) is 18.9 Å². The Bertz CT molecular complexity index is 3020. The molecule has 6 aromatic carbocycles. The van der Waals surface area contributed by atoms with E-state index in [2.05, 4.69) is 145 Å². The Morgan fingerprint density at radius 3 is 2.06 bits per heavy atom. The van der Waals surface area contributed by atoms with E-state index in [0.29, 0.717) is 23.3 Å². The van der Waals surface area contributed by atoms with E-state index in [0.717, 1.165) is 66.0 Å². The summed E-state index contributed by atoms with van der Waals surface area (Å²) in [4.78, 5) is 9.84. The molecule has 0 aliphatic rings. The fourth-order valence-electron chi connectivity index (χ4n) is 8.14. The fraction of sp³-hybridized carbons (Fsp3) is 0.125. The van der Waals surface area contributed by atoms with E-state index >= 15 is 0 Å². The molecule has 0 bridgehead atoms. The van der Waals surface area contributed by atoms with Crippen molar-refractivity contribution in [3.8, 4) is 28.4 Å². The summed E-state index contributed by atoms with van der Waals surface area (Å²) < 4.78 is 11.0. The molecule has 0 fully saturated rings. The Balaban J connectivity index is 0.00000384. The molecular weight excluding hydrogens is 755 g/mol. The Morgan fingerprint density at radius 2 is 1.30 bits per heavy atom. The van der Waals surface area contributed by atoms with Gasteiger partial charge in [-0.1, -0.05) is 117 Å². The number of benzene rings is 6. The summed E-state index contributed by atoms with van der Waals surface area (Å²) in [7, 11) is 0. The minimum Gasteiger partial charge on any atom is -0.503 e. The summed E-state index contributed by atoms with van der Waals surface area (Å²) in [6.45, 7) is 9.13. The molecule has 0 saturated heterocycles. The van der Waals surface area contributed by atoms with Gasteiger partial charge in [0.05, 0.1) is 16.7 Å². The first-order valence-electron chi connectivity index (χ1n) is 18.3. The molecule has 0 saturated carbocycles. The van der Waals surface area contributed by atoms with E-state index in [1.165, 1.54) is 22.3 Å². The third-order valence-corrected chi connectivity index (χ3v) is 10.5. The number of fused-ring (bicyclic) bond motifs is 11. The number of hydrogen-bond donors (Lipinski definition) is 0. The van der Waals surface area contributed by atoms with Gasteiger partial charge in [0.25, 0.3) is 0 Å². The Hall–Kier alpha value is -5.80. The molecule has 0 amide bonds. The van der Waals surface area contributed by atoms with E-state index in [-0.39, 0.29) is 20.4 Å². The van der Waals surface area contributed by atoms with Gasteiger partial charge in [0.2, 0.25) is 0 Å². The molecule has 0 N–H and O–H groups in total. The van der Waals surface area contributed by atoms with Crippen LogP contribution in [0.2, 0.25) is 0 Å². The minimum absolute atomic E-state index is 0. The first kappa shape index (κ1) is 34.0. The summed E-state index contributed by atoms with van der Waals surface area (Å²) in [5, 5.41) is 5.38. The van der Waals surface area contributed by atoms with Gasteiger partial charge in [-0.3, -0.25) is 4.98 Å². The van der Waals surface area contributed by atoms with Crippen molar-refractivity contribution in [1.29, 1.82) is 0 Å². The summed E-state index contributed by atoms with van der Waals surface area (Å²) in [5.74, 6) is 2.83. The molecule has 0 aliphatic heterocycles. The number of aromatic nitrogens is 4. The second-order valence-electron chi connectivity index (χ2n) is 14.5. The predicted molar refractivity (Wildman–Crippen MR) is 218 cm³/mol. The topological polar surface area (TPSA) is 44.3 Å². The van der Waals surface area contributed by atoms with Crippen molar-refractivity contribution in [2.24, 2.45) is 0 Å². The van der Waals surface area contributed by atoms with Gasteiger partial charge in [0, 0.05) is 28.7 Å². The van der Waals surface area contributed by atoms with E-state index in [4.69, 9.17) is 9.72 Å². The number of pyridine rings is 2. The molecule has 0 atom stereocenters. The van der Waals surface area contributed by atoms with Crippen LogP contribution in [0.5, 0.6) is 11.5 Å². The van der Waals surface area contributed by atoms with E-state index < -0.39 is 0 Å². The van der Waals surface area contributed by atoms with Crippen LogP contribution in [0.25, 0.3) is 77.1 Å². The van der Waals surface area contributed by atoms with Crippen LogP contribution in [0.15, 0.2) is 134 Å². The normalized spacial score (nSPS) is 11.9. The summed E-state index contributed by atoms with van der Waals surface area (Å²) in [5.41, 5.74) is 11.2. The summed E-state index contributed by atoms with van der Waals surface area (Å²) in [6.07, 6.45) is 1.82. The molecule has 10 aromatic rings. The predicted octanol–water partition coefficient (Wildman–Crippen LogP) is 12.6. The Kier molecular flexibility index (Phi) is 8.34. The number of rotatable bonds is 6. The van der Waals surface area contributed by atoms with Crippen molar-refractivity contribution in [3.05, 3.63) is 157 Å². The van der Waals surface area contributed by atoms with Gasteiger partial charge in [0.1, 0.15) is 5.82 Å². The van der Waals surface area contributed by atoms with Gasteiger partial charge in [-0.15, -0.1) is 29.7 Å². The van der Waals surface area contributed by atoms with Gasteiger partial charge >= 0.3 is 20.4 Å². The fourth-order valence-corrected chi connectivity index (χ4v) is 8.14. The van der Waals surface area contributed by atoms with Gasteiger partial charge < -0.3 is 13.7 Å². The Morgan fingerprint density at radius 1 is 0.593 bits per heavy atom. The Labute approximate surface area is 327 Å². The maximum Gasteiger partial charge on any atom is 2.00 e. The smallest absolute Gasteiger partial charge is 0.503 e. The zero-order valence-corrected chi connectivity index (χ0v) is 31.9. The van der Waals surface area contributed by atoms with Crippen LogP contribution >= 0.6 is 0 Å². The molecule has 10 rings (SSSR count). The second-order valence-corrected chi connectivity index (χ2v) is 14.5. The van der Waals surface area contributed by atoms with Gasteiger partial charge in [0.15, 0.2) is 0 Å². The molecule has 54 heavy (non-hydrogen) atoms. The molecule has 4 heterocycles. The zero-order valence-electron chi connectivity index (χ0n) is 30.4. The van der Waals surface area contributed by atoms with Crippen molar-refractivity contribution in [2.75, 3.05) is 0 Å². The average molecular weight is 791 g/mol. The van der Waals surface area contributed by atoms with Crippen molar-refractivity contribution >= 4 is 60.2 Å². The summed E-state index contributed by atoms with van der Waals surface area (Å²) >= 11 is 0. The van der Waals surface area contributed by atoms with Gasteiger partial charge in [-0.05, 0) is 81.3 Å². The SMILES string of the molecule is CC(C)c1cccc(C(C)C)c1-c1ccc2c(c1)c1ccc(Oc3[c-]c4c(cc3)c3ccccc3n4-c3ccccn3)[c-]c1c1nc3ccccc3n21.[Pd+2]. The summed E-state index contributed by atoms with van der Waals surface area (Å²) in [6, 6.07) is 51.9. The van der Waals surface area contributed by atoms with Gasteiger partial charge in [-0.2, -0.15) is 6.07 Å². The van der Waals surface area contributed by atoms with Crippen LogP contribution in [0.4, 0.5) is 0 Å². The minimum atomic E-state index is 0. The van der Waals surface area contributed by atoms with Crippen molar-refractivity contribution in [3.63, 3.8) is 0 Å². The number of para-hydroxylation sites is 3. The molecule has 6 heteroatoms. The van der Waals surface area contributed by atoms with Crippen molar-refractivity contribution in [2.45, 2.75) is 39.5 Å². The number of imidazole rings is 1. The van der Waals surface area contributed by atoms with Crippen LogP contribution in [0.3, 0.4) is 0 Å². The largest absolute Gasteiger partial charge is 2.00 e. The molecule has 0 radical (unpaired) electrons. The molecule has 0 spiro atoms. The maximum atomic E-state index is 6.61. The van der Waals surface area contributed by atoms with E-state index in [1.807, 2.05) is 42.6 Å². The van der Waals surface area contributed by atoms with Crippen molar-refractivity contribution < 1.29 is 25.2 Å². The van der Waals surface area contributed by atoms with E-state index in [1.54, 1.807) is 0 Å². The molecule has 5 nitrogen and oxygen atoms in total. The quantitative estimate of drug-likeness (QED) is 0.0957. The van der Waals surface area contributed by atoms with Crippen molar-refractivity contribution in [1.82, 2.24) is 18.9 Å². The molecular formula is C48H36N4OPd. The number of hydrogen-bond acceptors (Lipinski definition) is 3. The van der Waals surface area contributed by atoms with Crippen LogP contribution in [-0.2, 0) is 20.4 Å². The molecule has 0 aliphatic carbocycles. The first-order chi connectivity index (χ1) is 25.9.